The Kier molecular flexibility index (Phi) is 9.97. The molecule has 268 valence electrons. The second kappa shape index (κ2) is 15.2. The fourth-order valence-electron chi connectivity index (χ4n) is 6.44. The highest BCUT2D eigenvalue weighted by molar-refractivity contribution is 5.72. The van der Waals surface area contributed by atoms with Gasteiger partial charge in [-0.15, -0.1) is 0 Å². The number of hydrogen-bond donors (Lipinski definition) is 2. The number of ether oxygens (including phenoxy) is 4. The summed E-state index contributed by atoms with van der Waals surface area (Å²) < 4.78 is 22.8. The fraction of sp³-hybridized carbons (Fsp3) is 0.200. The van der Waals surface area contributed by atoms with Crippen LogP contribution < -0.4 is 9.47 Å². The van der Waals surface area contributed by atoms with Crippen LogP contribution in [0.25, 0.3) is 0 Å². The standard InChI is InChI=1S/C40H33N3O10/c44-35-22-52-39-26-6-2-8-28(39)18-30-20-33(42-41-32-10-12-34(13-11-32)43(48)49)21-31(38(30)47)19-29-9-3-7-27(17-25-5-1-4-24(16-26)37(25)46)40(29)53-23-36(45)51-15-14-50-35/h1-13,20-21,46-47H,14-19,22-23H2. The highest BCUT2D eigenvalue weighted by atomic mass is 16.6. The smallest absolute Gasteiger partial charge is 0.344 e. The van der Waals surface area contributed by atoms with Crippen molar-refractivity contribution >= 4 is 29.0 Å². The molecule has 0 atom stereocenters. The number of para-hydroxylation sites is 3. The molecule has 0 aromatic heterocycles. The number of carbonyl (C=O) groups excluding carboxylic acids is 2. The number of nitro benzene ring substituents is 1. The second-order valence-electron chi connectivity index (χ2n) is 12.5. The van der Waals surface area contributed by atoms with Crippen LogP contribution >= 0.6 is 0 Å². The molecule has 0 fully saturated rings. The van der Waals surface area contributed by atoms with Gasteiger partial charge in [0.05, 0.1) is 16.3 Å². The van der Waals surface area contributed by atoms with Gasteiger partial charge in [0.2, 0.25) is 0 Å². The Balaban J connectivity index is 1.42. The Morgan fingerprint density at radius 2 is 0.925 bits per heavy atom. The van der Waals surface area contributed by atoms with Gasteiger partial charge in [0.25, 0.3) is 5.69 Å². The fourth-order valence-corrected chi connectivity index (χ4v) is 6.44. The Labute approximate surface area is 303 Å². The highest BCUT2D eigenvalue weighted by Gasteiger charge is 2.22. The third kappa shape index (κ3) is 7.94. The van der Waals surface area contributed by atoms with E-state index in [1.54, 1.807) is 12.1 Å². The van der Waals surface area contributed by atoms with Crippen molar-refractivity contribution in [2.45, 2.75) is 25.7 Å². The molecule has 2 N–H and O–H groups in total. The Hall–Kier alpha value is -6.76. The molecule has 5 aromatic rings. The molecular formula is C40H33N3O10. The van der Waals surface area contributed by atoms with Gasteiger partial charge in [-0.25, -0.2) is 9.59 Å². The normalized spacial score (nSPS) is 14.7. The number of benzene rings is 5. The molecule has 13 heteroatoms. The number of phenols is 2. The van der Waals surface area contributed by atoms with Crippen molar-refractivity contribution in [3.8, 4) is 23.0 Å². The van der Waals surface area contributed by atoms with E-state index in [1.165, 1.54) is 24.3 Å². The van der Waals surface area contributed by atoms with Crippen molar-refractivity contribution in [2.75, 3.05) is 26.4 Å². The summed E-state index contributed by atoms with van der Waals surface area (Å²) in [6.07, 6.45) is 0.806. The van der Waals surface area contributed by atoms with E-state index < -0.39 is 30.1 Å². The van der Waals surface area contributed by atoms with Crippen LogP contribution in [0.4, 0.5) is 17.1 Å². The lowest BCUT2D eigenvalue weighted by atomic mass is 9.91. The molecule has 2 heterocycles. The number of carbonyl (C=O) groups is 2. The zero-order valence-electron chi connectivity index (χ0n) is 28.3. The van der Waals surface area contributed by atoms with Crippen LogP contribution in [0.1, 0.15) is 44.5 Å². The zero-order valence-corrected chi connectivity index (χ0v) is 28.3. The molecular weight excluding hydrogens is 682 g/mol. The van der Waals surface area contributed by atoms with Crippen molar-refractivity contribution in [2.24, 2.45) is 10.2 Å². The minimum Gasteiger partial charge on any atom is -0.507 e. The Bertz CT molecular complexity index is 2130. The van der Waals surface area contributed by atoms with E-state index in [0.717, 1.165) is 0 Å². The summed E-state index contributed by atoms with van der Waals surface area (Å²) in [5, 5.41) is 43.3. The third-order valence-corrected chi connectivity index (χ3v) is 8.96. The summed E-state index contributed by atoms with van der Waals surface area (Å²) in [4.78, 5) is 36.2. The Morgan fingerprint density at radius 3 is 1.38 bits per heavy atom. The van der Waals surface area contributed by atoms with Gasteiger partial charge in [0, 0.05) is 48.9 Å². The molecule has 10 bridgehead atoms. The first-order valence-electron chi connectivity index (χ1n) is 16.8. The minimum absolute atomic E-state index is 0.0151. The topological polar surface area (TPSA) is 179 Å². The van der Waals surface area contributed by atoms with Crippen LogP contribution in [0.3, 0.4) is 0 Å². The minimum atomic E-state index is -0.684. The van der Waals surface area contributed by atoms with Gasteiger partial charge in [-0.2, -0.15) is 10.2 Å². The number of azo groups is 1. The van der Waals surface area contributed by atoms with Crippen LogP contribution in [0, 0.1) is 10.1 Å². The molecule has 0 radical (unpaired) electrons. The van der Waals surface area contributed by atoms with E-state index in [0.29, 0.717) is 67.4 Å². The summed E-state index contributed by atoms with van der Waals surface area (Å²) in [5.74, 6) is -0.531. The van der Waals surface area contributed by atoms with Gasteiger partial charge in [0.1, 0.15) is 36.2 Å². The van der Waals surface area contributed by atoms with Crippen molar-refractivity contribution < 1.29 is 43.7 Å². The van der Waals surface area contributed by atoms with Gasteiger partial charge in [-0.05, 0) is 57.6 Å². The summed E-state index contributed by atoms with van der Waals surface area (Å²) in [6.45, 7) is -1.27. The zero-order chi connectivity index (χ0) is 36.9. The first-order valence-corrected chi connectivity index (χ1v) is 16.8. The molecule has 2 aliphatic heterocycles. The molecule has 8 rings (SSSR count). The molecule has 0 spiro atoms. The number of esters is 2. The maximum Gasteiger partial charge on any atom is 0.344 e. The van der Waals surface area contributed by atoms with Gasteiger partial charge in [-0.1, -0.05) is 54.6 Å². The number of nitro groups is 1. The van der Waals surface area contributed by atoms with E-state index in [9.17, 15) is 29.9 Å². The van der Waals surface area contributed by atoms with Crippen molar-refractivity contribution in [1.29, 1.82) is 0 Å². The lowest BCUT2D eigenvalue weighted by Gasteiger charge is -2.20. The largest absolute Gasteiger partial charge is 0.507 e. The number of non-ortho nitro benzene ring substituents is 1. The van der Waals surface area contributed by atoms with Crippen LogP contribution in [0.5, 0.6) is 23.0 Å². The predicted octanol–water partition coefficient (Wildman–Crippen LogP) is 6.96. The summed E-state index contributed by atoms with van der Waals surface area (Å²) in [7, 11) is 0. The molecule has 1 aliphatic carbocycles. The van der Waals surface area contributed by atoms with Gasteiger partial charge < -0.3 is 29.2 Å². The van der Waals surface area contributed by atoms with E-state index in [4.69, 9.17) is 18.9 Å². The average molecular weight is 716 g/mol. The second-order valence-corrected chi connectivity index (χ2v) is 12.5. The average Bonchev–Trinajstić information content (AvgIpc) is 3.14. The molecule has 53 heavy (non-hydrogen) atoms. The van der Waals surface area contributed by atoms with E-state index in [2.05, 4.69) is 10.2 Å². The van der Waals surface area contributed by atoms with Gasteiger partial charge in [-0.3, -0.25) is 10.1 Å². The Morgan fingerprint density at radius 1 is 0.528 bits per heavy atom. The number of rotatable bonds is 3. The van der Waals surface area contributed by atoms with E-state index in [1.807, 2.05) is 54.6 Å². The number of nitrogens with zero attached hydrogens (tertiary/aromatic N) is 3. The maximum atomic E-state index is 12.8. The maximum absolute atomic E-state index is 12.8. The lowest BCUT2D eigenvalue weighted by molar-refractivity contribution is -0.384. The van der Waals surface area contributed by atoms with Crippen molar-refractivity contribution in [3.63, 3.8) is 0 Å². The van der Waals surface area contributed by atoms with Gasteiger partial charge >= 0.3 is 11.9 Å². The molecule has 0 amide bonds. The van der Waals surface area contributed by atoms with Crippen molar-refractivity contribution in [1.82, 2.24) is 0 Å². The van der Waals surface area contributed by atoms with Crippen molar-refractivity contribution in [3.05, 3.63) is 146 Å². The monoisotopic (exact) mass is 715 g/mol. The summed E-state index contributed by atoms with van der Waals surface area (Å²) in [5.41, 5.74) is 5.53. The highest BCUT2D eigenvalue weighted by Crippen LogP contribution is 2.40. The molecule has 0 saturated carbocycles. The first kappa shape index (κ1) is 34.7. The van der Waals surface area contributed by atoms with Gasteiger partial charge in [0.15, 0.2) is 13.2 Å². The van der Waals surface area contributed by atoms with Crippen LogP contribution in [0.2, 0.25) is 0 Å². The molecule has 0 unspecified atom stereocenters. The molecule has 5 aromatic carbocycles. The molecule has 0 saturated heterocycles. The lowest BCUT2D eigenvalue weighted by Crippen LogP contribution is -2.21. The van der Waals surface area contributed by atoms with Crippen LogP contribution in [-0.4, -0.2) is 53.5 Å². The predicted molar refractivity (Wildman–Crippen MR) is 191 cm³/mol. The number of aromatic hydroxyl groups is 2. The summed E-state index contributed by atoms with van der Waals surface area (Å²) >= 11 is 0. The first-order chi connectivity index (χ1) is 25.7. The summed E-state index contributed by atoms with van der Waals surface area (Å²) in [6, 6.07) is 25.5. The number of hydrogen-bond acceptors (Lipinski definition) is 12. The van der Waals surface area contributed by atoms with E-state index in [-0.39, 0.29) is 56.1 Å². The van der Waals surface area contributed by atoms with Crippen LogP contribution in [-0.2, 0) is 44.7 Å². The number of phenolic OH excluding ortho intramolecular Hbond substituents is 2. The number of fused-ring (bicyclic) bond motifs is 9. The molecule has 3 aliphatic rings. The third-order valence-electron chi connectivity index (χ3n) is 8.96. The SMILES string of the molecule is O=C1COc2c3cccc2Cc2cc(N=Nc4ccc([N+](=O)[O-])cc4)cc(c2O)Cc2cccc(c2OCC(=O)OCCO1)Cc1cccc(c1O)C3. The van der Waals surface area contributed by atoms with Crippen LogP contribution in [0.15, 0.2) is 101 Å². The quantitative estimate of drug-likeness (QED) is 0.0640. The van der Waals surface area contributed by atoms with E-state index >= 15 is 0 Å². The molecule has 13 nitrogen and oxygen atoms in total.